The number of aromatic nitrogens is 4. The molecule has 1 aliphatic heterocycles. The molecule has 0 N–H and O–H groups in total. The summed E-state index contributed by atoms with van der Waals surface area (Å²) >= 11 is 0. The number of benzene rings is 2. The fraction of sp³-hybridized carbons (Fsp3) is 0.308. The number of aryl methyl sites for hydroxylation is 2. The smallest absolute Gasteiger partial charge is 0.264 e. The number of fused-ring (bicyclic) bond motifs is 1. The molecule has 3 heterocycles. The Morgan fingerprint density at radius 1 is 0.943 bits per heavy atom. The minimum absolute atomic E-state index is 0.00510. The standard InChI is InChI=1S/C26H27FN6O2/c1-18-3-7-22(8-4-18)33-25-23(17-28-33)26(35)32(19(2)29-25)12-11-24(34)31-15-13-30(14-16-31)21-9-5-20(27)6-10-21/h3-10,17H,11-16H2,1-2H3. The summed E-state index contributed by atoms with van der Waals surface area (Å²) in [4.78, 5) is 34.6. The van der Waals surface area contributed by atoms with E-state index in [-0.39, 0.29) is 30.2 Å². The predicted octanol–water partition coefficient (Wildman–Crippen LogP) is 3.08. The lowest BCUT2D eigenvalue weighted by Gasteiger charge is -2.36. The number of piperazine rings is 1. The Hall–Kier alpha value is -4.01. The molecule has 1 aliphatic rings. The van der Waals surface area contributed by atoms with Gasteiger partial charge in [-0.2, -0.15) is 5.10 Å². The molecule has 0 atom stereocenters. The molecule has 35 heavy (non-hydrogen) atoms. The van der Waals surface area contributed by atoms with Crippen molar-refractivity contribution in [2.75, 3.05) is 31.1 Å². The molecular weight excluding hydrogens is 447 g/mol. The molecule has 0 unspecified atom stereocenters. The van der Waals surface area contributed by atoms with E-state index in [1.165, 1.54) is 18.3 Å². The molecular formula is C26H27FN6O2. The van der Waals surface area contributed by atoms with Gasteiger partial charge in [0, 0.05) is 44.8 Å². The Labute approximate surface area is 202 Å². The highest BCUT2D eigenvalue weighted by molar-refractivity contribution is 5.77. The number of nitrogens with zero attached hydrogens (tertiary/aromatic N) is 6. The number of carbonyl (C=O) groups excluding carboxylic acids is 1. The molecule has 2 aromatic heterocycles. The van der Waals surface area contributed by atoms with Gasteiger partial charge in [-0.1, -0.05) is 17.7 Å². The van der Waals surface area contributed by atoms with E-state index >= 15 is 0 Å². The average Bonchev–Trinajstić information content (AvgIpc) is 3.28. The van der Waals surface area contributed by atoms with Crippen LogP contribution in [0.1, 0.15) is 17.8 Å². The second-order valence-electron chi connectivity index (χ2n) is 8.84. The van der Waals surface area contributed by atoms with Crippen molar-refractivity contribution in [1.29, 1.82) is 0 Å². The quantitative estimate of drug-likeness (QED) is 0.444. The zero-order valence-corrected chi connectivity index (χ0v) is 19.8. The lowest BCUT2D eigenvalue weighted by atomic mass is 10.2. The molecule has 9 heteroatoms. The SMILES string of the molecule is Cc1ccc(-n2ncc3c(=O)n(CCC(=O)N4CCN(c5ccc(F)cc5)CC4)c(C)nc32)cc1. The van der Waals surface area contributed by atoms with Gasteiger partial charge in [-0.15, -0.1) is 0 Å². The number of carbonyl (C=O) groups is 1. The van der Waals surface area contributed by atoms with E-state index < -0.39 is 0 Å². The van der Waals surface area contributed by atoms with Crippen molar-refractivity contribution in [3.8, 4) is 5.69 Å². The van der Waals surface area contributed by atoms with Crippen LogP contribution in [0.4, 0.5) is 10.1 Å². The van der Waals surface area contributed by atoms with Gasteiger partial charge in [-0.25, -0.2) is 14.1 Å². The van der Waals surface area contributed by atoms with Gasteiger partial charge >= 0.3 is 0 Å². The van der Waals surface area contributed by atoms with Gasteiger partial charge in [0.15, 0.2) is 5.65 Å². The van der Waals surface area contributed by atoms with Gasteiger partial charge in [-0.3, -0.25) is 14.2 Å². The second kappa shape index (κ2) is 9.32. The molecule has 1 amide bonds. The normalized spacial score (nSPS) is 14.0. The van der Waals surface area contributed by atoms with E-state index in [9.17, 15) is 14.0 Å². The maximum atomic E-state index is 13.2. The Bertz CT molecular complexity index is 1420. The fourth-order valence-corrected chi connectivity index (χ4v) is 4.48. The summed E-state index contributed by atoms with van der Waals surface area (Å²) in [6.07, 6.45) is 1.76. The van der Waals surface area contributed by atoms with E-state index in [0.717, 1.165) is 16.9 Å². The molecule has 1 fully saturated rings. The van der Waals surface area contributed by atoms with Crippen molar-refractivity contribution in [2.45, 2.75) is 26.8 Å². The van der Waals surface area contributed by atoms with Crippen LogP contribution in [-0.4, -0.2) is 56.3 Å². The summed E-state index contributed by atoms with van der Waals surface area (Å²) in [6.45, 7) is 6.60. The van der Waals surface area contributed by atoms with Crippen LogP contribution in [0.2, 0.25) is 0 Å². The molecule has 2 aromatic carbocycles. The maximum absolute atomic E-state index is 13.2. The highest BCUT2D eigenvalue weighted by Gasteiger charge is 2.22. The van der Waals surface area contributed by atoms with Crippen molar-refractivity contribution in [3.63, 3.8) is 0 Å². The van der Waals surface area contributed by atoms with Crippen LogP contribution in [0.3, 0.4) is 0 Å². The van der Waals surface area contributed by atoms with Gasteiger partial charge in [-0.05, 0) is 50.2 Å². The van der Waals surface area contributed by atoms with Crippen LogP contribution in [0, 0.1) is 19.7 Å². The summed E-state index contributed by atoms with van der Waals surface area (Å²) in [5, 5.41) is 4.81. The number of halogens is 1. The molecule has 4 aromatic rings. The molecule has 0 aliphatic carbocycles. The molecule has 0 radical (unpaired) electrons. The van der Waals surface area contributed by atoms with Crippen molar-refractivity contribution < 1.29 is 9.18 Å². The topological polar surface area (TPSA) is 76.3 Å². The third-order valence-corrected chi connectivity index (χ3v) is 6.53. The third kappa shape index (κ3) is 4.53. The second-order valence-corrected chi connectivity index (χ2v) is 8.84. The third-order valence-electron chi connectivity index (χ3n) is 6.53. The number of amides is 1. The molecule has 0 saturated carbocycles. The van der Waals surface area contributed by atoms with Crippen molar-refractivity contribution in [2.24, 2.45) is 0 Å². The first-order valence-corrected chi connectivity index (χ1v) is 11.7. The lowest BCUT2D eigenvalue weighted by molar-refractivity contribution is -0.131. The molecule has 1 saturated heterocycles. The summed E-state index contributed by atoms with van der Waals surface area (Å²) in [6, 6.07) is 14.3. The van der Waals surface area contributed by atoms with Crippen molar-refractivity contribution in [1.82, 2.24) is 24.2 Å². The molecule has 0 bridgehead atoms. The van der Waals surface area contributed by atoms with Crippen LogP contribution in [-0.2, 0) is 11.3 Å². The van der Waals surface area contributed by atoms with Crippen molar-refractivity contribution >= 4 is 22.6 Å². The van der Waals surface area contributed by atoms with E-state index in [1.54, 1.807) is 28.3 Å². The average molecular weight is 475 g/mol. The highest BCUT2D eigenvalue weighted by Crippen LogP contribution is 2.18. The Balaban J connectivity index is 1.26. The van der Waals surface area contributed by atoms with E-state index in [1.807, 2.05) is 36.1 Å². The fourth-order valence-electron chi connectivity index (χ4n) is 4.48. The maximum Gasteiger partial charge on any atom is 0.264 e. The molecule has 180 valence electrons. The molecule has 0 spiro atoms. The highest BCUT2D eigenvalue weighted by atomic mass is 19.1. The Morgan fingerprint density at radius 2 is 1.60 bits per heavy atom. The first-order chi connectivity index (χ1) is 16.9. The Kier molecular flexibility index (Phi) is 6.07. The van der Waals surface area contributed by atoms with Gasteiger partial charge in [0.05, 0.1) is 11.9 Å². The minimum atomic E-state index is -0.261. The van der Waals surface area contributed by atoms with E-state index in [2.05, 4.69) is 15.0 Å². The summed E-state index contributed by atoms with van der Waals surface area (Å²) in [7, 11) is 0. The lowest BCUT2D eigenvalue weighted by Crippen LogP contribution is -2.49. The van der Waals surface area contributed by atoms with E-state index in [4.69, 9.17) is 0 Å². The molecule has 5 rings (SSSR count). The summed E-state index contributed by atoms with van der Waals surface area (Å²) < 4.78 is 16.4. The van der Waals surface area contributed by atoms with Gasteiger partial charge in [0.2, 0.25) is 5.91 Å². The zero-order chi connectivity index (χ0) is 24.5. The predicted molar refractivity (Wildman–Crippen MR) is 132 cm³/mol. The van der Waals surface area contributed by atoms with Crippen LogP contribution in [0.15, 0.2) is 59.5 Å². The van der Waals surface area contributed by atoms with Gasteiger partial charge in [0.25, 0.3) is 5.56 Å². The zero-order valence-electron chi connectivity index (χ0n) is 19.8. The van der Waals surface area contributed by atoms with Crippen LogP contribution >= 0.6 is 0 Å². The number of hydrogen-bond donors (Lipinski definition) is 0. The molecule has 8 nitrogen and oxygen atoms in total. The largest absolute Gasteiger partial charge is 0.368 e. The van der Waals surface area contributed by atoms with E-state index in [0.29, 0.717) is 43.0 Å². The first-order valence-electron chi connectivity index (χ1n) is 11.7. The first kappa shape index (κ1) is 22.8. The number of anilines is 1. The van der Waals surface area contributed by atoms with Gasteiger partial charge in [0.1, 0.15) is 17.0 Å². The van der Waals surface area contributed by atoms with Gasteiger partial charge < -0.3 is 9.80 Å². The van der Waals surface area contributed by atoms with Crippen LogP contribution in [0.25, 0.3) is 16.7 Å². The monoisotopic (exact) mass is 474 g/mol. The number of hydrogen-bond acceptors (Lipinski definition) is 5. The van der Waals surface area contributed by atoms with Crippen LogP contribution < -0.4 is 10.5 Å². The van der Waals surface area contributed by atoms with Crippen molar-refractivity contribution in [3.05, 3.63) is 82.3 Å². The minimum Gasteiger partial charge on any atom is -0.368 e. The summed E-state index contributed by atoms with van der Waals surface area (Å²) in [5.74, 6) is 0.291. The summed E-state index contributed by atoms with van der Waals surface area (Å²) in [5.41, 5.74) is 3.24. The van der Waals surface area contributed by atoms with Crippen LogP contribution in [0.5, 0.6) is 0 Å². The number of rotatable bonds is 5. The Morgan fingerprint density at radius 3 is 2.29 bits per heavy atom.